The van der Waals surface area contributed by atoms with Crippen molar-refractivity contribution in [3.8, 4) is 11.3 Å². The zero-order valence-corrected chi connectivity index (χ0v) is 20.4. The monoisotopic (exact) mass is 470 g/mol. The standard InChI is InChI=1S/C24H30N4O4S/c1-6-24(2,3)15-19-16-28(33(31,32)27(4)5)23(26-19)22(30)21(29)18-12-10-17(11-13-18)20-9-7-8-14-25-20/h7-14,16,22,30H,6,15H2,1-5H3. The van der Waals surface area contributed by atoms with E-state index in [9.17, 15) is 18.3 Å². The average Bonchev–Trinajstić information content (AvgIpc) is 3.22. The van der Waals surface area contributed by atoms with Crippen LogP contribution < -0.4 is 0 Å². The van der Waals surface area contributed by atoms with Crippen LogP contribution in [0.15, 0.2) is 54.9 Å². The lowest BCUT2D eigenvalue weighted by atomic mass is 9.85. The van der Waals surface area contributed by atoms with Gasteiger partial charge in [-0.25, -0.2) is 8.96 Å². The number of ketones is 1. The maximum Gasteiger partial charge on any atom is 0.308 e. The van der Waals surface area contributed by atoms with E-state index in [0.717, 1.165) is 26.0 Å². The summed E-state index contributed by atoms with van der Waals surface area (Å²) in [5, 5.41) is 10.9. The van der Waals surface area contributed by atoms with Gasteiger partial charge in [0.1, 0.15) is 0 Å². The minimum atomic E-state index is -3.99. The summed E-state index contributed by atoms with van der Waals surface area (Å²) < 4.78 is 27.7. The minimum Gasteiger partial charge on any atom is -0.377 e. The predicted molar refractivity (Wildman–Crippen MR) is 127 cm³/mol. The molecular formula is C24H30N4O4S. The summed E-state index contributed by atoms with van der Waals surface area (Å²) in [5.74, 6) is -0.853. The van der Waals surface area contributed by atoms with Gasteiger partial charge in [0.15, 0.2) is 17.7 Å². The van der Waals surface area contributed by atoms with E-state index in [1.165, 1.54) is 20.3 Å². The quantitative estimate of drug-likeness (QED) is 0.480. The SMILES string of the molecule is CCC(C)(C)Cc1cn(S(=O)(=O)N(C)C)c(C(O)C(=O)c2ccc(-c3ccccn3)cc2)n1. The van der Waals surface area contributed by atoms with Crippen LogP contribution in [0.4, 0.5) is 0 Å². The third kappa shape index (κ3) is 5.38. The molecule has 33 heavy (non-hydrogen) atoms. The second-order valence-corrected chi connectivity index (χ2v) is 10.9. The Kier molecular flexibility index (Phi) is 7.16. The first-order valence-electron chi connectivity index (χ1n) is 10.7. The minimum absolute atomic E-state index is 0.116. The van der Waals surface area contributed by atoms with E-state index in [1.807, 2.05) is 25.1 Å². The Hall–Kier alpha value is -2.88. The van der Waals surface area contributed by atoms with Gasteiger partial charge in [0.25, 0.3) is 0 Å². The van der Waals surface area contributed by atoms with Gasteiger partial charge < -0.3 is 5.11 Å². The molecule has 3 rings (SSSR count). The molecule has 1 N–H and O–H groups in total. The Morgan fingerprint density at radius 3 is 2.36 bits per heavy atom. The van der Waals surface area contributed by atoms with E-state index < -0.39 is 22.1 Å². The third-order valence-electron chi connectivity index (χ3n) is 5.70. The van der Waals surface area contributed by atoms with Crippen LogP contribution in [0, 0.1) is 5.41 Å². The number of rotatable bonds is 9. The van der Waals surface area contributed by atoms with Crippen LogP contribution in [0.3, 0.4) is 0 Å². The molecule has 0 bridgehead atoms. The summed E-state index contributed by atoms with van der Waals surface area (Å²) in [6.45, 7) is 6.15. The molecule has 0 fully saturated rings. The number of nitrogens with zero attached hydrogens (tertiary/aromatic N) is 4. The highest BCUT2D eigenvalue weighted by molar-refractivity contribution is 7.87. The summed E-state index contributed by atoms with van der Waals surface area (Å²) in [5.41, 5.74) is 2.21. The number of hydrogen-bond acceptors (Lipinski definition) is 6. The fourth-order valence-electron chi connectivity index (χ4n) is 3.28. The average molecular weight is 471 g/mol. The first kappa shape index (κ1) is 24.8. The fourth-order valence-corrected chi connectivity index (χ4v) is 4.27. The largest absolute Gasteiger partial charge is 0.377 e. The van der Waals surface area contributed by atoms with Gasteiger partial charge in [-0.2, -0.15) is 12.7 Å². The highest BCUT2D eigenvalue weighted by atomic mass is 32.2. The van der Waals surface area contributed by atoms with Gasteiger partial charge in [-0.05, 0) is 24.0 Å². The summed E-state index contributed by atoms with van der Waals surface area (Å²) in [4.78, 5) is 21.7. The molecule has 9 heteroatoms. The molecule has 1 atom stereocenters. The van der Waals surface area contributed by atoms with Gasteiger partial charge in [0.2, 0.25) is 0 Å². The first-order valence-corrected chi connectivity index (χ1v) is 12.1. The van der Waals surface area contributed by atoms with Crippen LogP contribution in [-0.2, 0) is 16.6 Å². The topological polar surface area (TPSA) is 105 Å². The van der Waals surface area contributed by atoms with Gasteiger partial charge in [0.05, 0.1) is 11.4 Å². The summed E-state index contributed by atoms with van der Waals surface area (Å²) >= 11 is 0. The second-order valence-electron chi connectivity index (χ2n) is 8.93. The summed E-state index contributed by atoms with van der Waals surface area (Å²) in [7, 11) is -1.21. The van der Waals surface area contributed by atoms with Crippen molar-refractivity contribution < 1.29 is 18.3 Å². The Morgan fingerprint density at radius 2 is 1.82 bits per heavy atom. The molecule has 0 saturated heterocycles. The molecule has 8 nitrogen and oxygen atoms in total. The second kappa shape index (κ2) is 9.54. The number of imidazole rings is 1. The Labute approximate surface area is 195 Å². The van der Waals surface area contributed by atoms with Gasteiger partial charge in [-0.3, -0.25) is 9.78 Å². The van der Waals surface area contributed by atoms with Crippen molar-refractivity contribution in [1.82, 2.24) is 18.2 Å². The van der Waals surface area contributed by atoms with Crippen LogP contribution in [0.25, 0.3) is 11.3 Å². The van der Waals surface area contributed by atoms with Crippen LogP contribution in [-0.4, -0.2) is 51.6 Å². The molecule has 1 unspecified atom stereocenters. The third-order valence-corrected chi connectivity index (χ3v) is 7.41. The molecule has 0 aliphatic heterocycles. The predicted octanol–water partition coefficient (Wildman–Crippen LogP) is 3.49. The van der Waals surface area contributed by atoms with Crippen molar-refractivity contribution in [3.63, 3.8) is 0 Å². The number of carbonyl (C=O) groups excluding carboxylic acids is 1. The van der Waals surface area contributed by atoms with E-state index in [1.54, 1.807) is 30.5 Å². The Morgan fingerprint density at radius 1 is 1.15 bits per heavy atom. The molecule has 176 valence electrons. The molecule has 2 heterocycles. The van der Waals surface area contributed by atoms with E-state index >= 15 is 0 Å². The molecule has 0 aliphatic rings. The molecule has 1 aromatic carbocycles. The number of carbonyl (C=O) groups is 1. The van der Waals surface area contributed by atoms with Gasteiger partial charge in [0, 0.05) is 37.6 Å². The van der Waals surface area contributed by atoms with Crippen LogP contribution in [0.2, 0.25) is 0 Å². The highest BCUT2D eigenvalue weighted by Crippen LogP contribution is 2.28. The Balaban J connectivity index is 1.97. The van der Waals surface area contributed by atoms with Crippen LogP contribution in [0.5, 0.6) is 0 Å². The number of pyridine rings is 1. The van der Waals surface area contributed by atoms with Crippen LogP contribution in [0.1, 0.15) is 55.2 Å². The van der Waals surface area contributed by atoms with Crippen molar-refractivity contribution in [2.75, 3.05) is 14.1 Å². The number of aromatic nitrogens is 3. The number of aliphatic hydroxyl groups is 1. The van der Waals surface area contributed by atoms with Crippen molar-refractivity contribution in [1.29, 1.82) is 0 Å². The van der Waals surface area contributed by atoms with E-state index in [2.05, 4.69) is 23.8 Å². The molecule has 0 amide bonds. The van der Waals surface area contributed by atoms with E-state index in [-0.39, 0.29) is 16.8 Å². The fraction of sp³-hybridized carbons (Fsp3) is 0.375. The van der Waals surface area contributed by atoms with Crippen molar-refractivity contribution in [2.24, 2.45) is 5.41 Å². The normalized spacial score (nSPS) is 13.3. The molecular weight excluding hydrogens is 440 g/mol. The van der Waals surface area contributed by atoms with Crippen molar-refractivity contribution in [3.05, 3.63) is 71.9 Å². The maximum atomic E-state index is 13.1. The first-order chi connectivity index (χ1) is 15.5. The molecule has 0 aliphatic carbocycles. The van der Waals surface area contributed by atoms with Crippen molar-refractivity contribution >= 4 is 16.0 Å². The number of benzene rings is 1. The van der Waals surface area contributed by atoms with Gasteiger partial charge >= 0.3 is 10.2 Å². The molecule has 0 saturated carbocycles. The smallest absolute Gasteiger partial charge is 0.308 e. The van der Waals surface area contributed by atoms with Gasteiger partial charge in [-0.1, -0.05) is 57.5 Å². The molecule has 2 aromatic heterocycles. The van der Waals surface area contributed by atoms with E-state index in [0.29, 0.717) is 12.1 Å². The lowest BCUT2D eigenvalue weighted by molar-refractivity contribution is 0.0730. The molecule has 3 aromatic rings. The van der Waals surface area contributed by atoms with Crippen molar-refractivity contribution in [2.45, 2.75) is 39.7 Å². The summed E-state index contributed by atoms with van der Waals surface area (Å²) in [6, 6.07) is 12.2. The van der Waals surface area contributed by atoms with Crippen LogP contribution >= 0.6 is 0 Å². The lowest BCUT2D eigenvalue weighted by Gasteiger charge is -2.20. The zero-order chi connectivity index (χ0) is 24.4. The number of hydrogen-bond donors (Lipinski definition) is 1. The zero-order valence-electron chi connectivity index (χ0n) is 19.6. The highest BCUT2D eigenvalue weighted by Gasteiger charge is 2.31. The Bertz CT molecular complexity index is 1220. The lowest BCUT2D eigenvalue weighted by Crippen LogP contribution is -2.31. The van der Waals surface area contributed by atoms with Gasteiger partial charge in [-0.15, -0.1) is 0 Å². The summed E-state index contributed by atoms with van der Waals surface area (Å²) in [6.07, 6.45) is 2.70. The number of Topliss-reactive ketones (excluding diaryl/α,β-unsaturated/α-hetero) is 1. The molecule has 0 radical (unpaired) electrons. The number of aliphatic hydroxyl groups excluding tert-OH is 1. The maximum absolute atomic E-state index is 13.1. The van der Waals surface area contributed by atoms with E-state index in [4.69, 9.17) is 0 Å². The molecule has 0 spiro atoms.